The quantitative estimate of drug-likeness (QED) is 0.751. The van der Waals surface area contributed by atoms with Crippen molar-refractivity contribution in [2.45, 2.75) is 19.4 Å². The summed E-state index contributed by atoms with van der Waals surface area (Å²) in [4.78, 5) is 1.02. The second-order valence-electron chi connectivity index (χ2n) is 4.19. The van der Waals surface area contributed by atoms with Crippen molar-refractivity contribution in [1.29, 1.82) is 0 Å². The van der Waals surface area contributed by atoms with Crippen molar-refractivity contribution in [3.8, 4) is 0 Å². The minimum atomic E-state index is -0.242. The molecule has 0 aliphatic carbocycles. The summed E-state index contributed by atoms with van der Waals surface area (Å²) in [6.45, 7) is 2.95. The van der Waals surface area contributed by atoms with Gasteiger partial charge in [-0.05, 0) is 48.2 Å². The first-order valence-corrected chi connectivity index (χ1v) is 8.09. The standard InChI is InChI=1S/C14H14BrClFNS/c1-2-6-18-13(14-12(16)5-7-19-14)10-8-9(17)3-4-11(10)15/h3-5,7-8,13,18H,2,6H2,1H3. The predicted octanol–water partition coefficient (Wildman–Crippen LogP) is 5.39. The Kier molecular flexibility index (Phi) is 5.39. The number of nitrogens with one attached hydrogen (secondary N) is 1. The lowest BCUT2D eigenvalue weighted by atomic mass is 10.0. The first-order valence-electron chi connectivity index (χ1n) is 6.04. The molecule has 1 N–H and O–H groups in total. The molecule has 0 aliphatic heterocycles. The van der Waals surface area contributed by atoms with E-state index in [1.807, 2.05) is 11.4 Å². The highest BCUT2D eigenvalue weighted by atomic mass is 79.9. The molecule has 0 radical (unpaired) electrons. The SMILES string of the molecule is CCCNC(c1cc(F)ccc1Br)c1sccc1Cl. The maximum Gasteiger partial charge on any atom is 0.123 e. The summed E-state index contributed by atoms with van der Waals surface area (Å²) in [6, 6.07) is 6.51. The van der Waals surface area contributed by atoms with Crippen LogP contribution in [-0.4, -0.2) is 6.54 Å². The van der Waals surface area contributed by atoms with Crippen LogP contribution in [0.5, 0.6) is 0 Å². The molecule has 0 aliphatic rings. The molecule has 1 atom stereocenters. The van der Waals surface area contributed by atoms with E-state index in [0.717, 1.165) is 32.9 Å². The molecule has 2 aromatic rings. The molecule has 19 heavy (non-hydrogen) atoms. The van der Waals surface area contributed by atoms with Crippen molar-refractivity contribution >= 4 is 38.9 Å². The molecule has 1 heterocycles. The van der Waals surface area contributed by atoms with Gasteiger partial charge in [-0.25, -0.2) is 4.39 Å². The van der Waals surface area contributed by atoms with E-state index in [9.17, 15) is 4.39 Å². The van der Waals surface area contributed by atoms with Gasteiger partial charge < -0.3 is 5.32 Å². The summed E-state index contributed by atoms with van der Waals surface area (Å²) in [5.41, 5.74) is 0.873. The Morgan fingerprint density at radius 2 is 2.21 bits per heavy atom. The third-order valence-electron chi connectivity index (χ3n) is 2.77. The van der Waals surface area contributed by atoms with Crippen LogP contribution in [0.4, 0.5) is 4.39 Å². The molecular weight excluding hydrogens is 349 g/mol. The van der Waals surface area contributed by atoms with E-state index in [4.69, 9.17) is 11.6 Å². The molecule has 2 rings (SSSR count). The summed E-state index contributed by atoms with van der Waals surface area (Å²) >= 11 is 11.3. The van der Waals surface area contributed by atoms with Gasteiger partial charge in [-0.3, -0.25) is 0 Å². The molecule has 1 unspecified atom stereocenters. The van der Waals surface area contributed by atoms with E-state index in [-0.39, 0.29) is 11.9 Å². The van der Waals surface area contributed by atoms with Crippen LogP contribution in [0.2, 0.25) is 5.02 Å². The highest BCUT2D eigenvalue weighted by Gasteiger charge is 2.20. The normalized spacial score (nSPS) is 12.6. The Hall–Kier alpha value is -0.420. The lowest BCUT2D eigenvalue weighted by Gasteiger charge is -2.20. The monoisotopic (exact) mass is 361 g/mol. The van der Waals surface area contributed by atoms with Crippen LogP contribution in [0.15, 0.2) is 34.1 Å². The third-order valence-corrected chi connectivity index (χ3v) is 4.92. The lowest BCUT2D eigenvalue weighted by Crippen LogP contribution is -2.23. The average molecular weight is 363 g/mol. The first kappa shape index (κ1) is 15.0. The Labute approximate surface area is 129 Å². The molecule has 1 nitrogen and oxygen atoms in total. The van der Waals surface area contributed by atoms with Crippen LogP contribution < -0.4 is 5.32 Å². The molecule has 0 saturated heterocycles. The summed E-state index contributed by atoms with van der Waals surface area (Å²) in [6.07, 6.45) is 1.01. The molecule has 0 spiro atoms. The van der Waals surface area contributed by atoms with Crippen LogP contribution in [0, 0.1) is 5.82 Å². The zero-order valence-electron chi connectivity index (χ0n) is 10.4. The van der Waals surface area contributed by atoms with Crippen molar-refractivity contribution in [2.75, 3.05) is 6.54 Å². The van der Waals surface area contributed by atoms with E-state index in [2.05, 4.69) is 28.2 Å². The summed E-state index contributed by atoms with van der Waals surface area (Å²) in [7, 11) is 0. The van der Waals surface area contributed by atoms with Crippen LogP contribution in [0.3, 0.4) is 0 Å². The number of rotatable bonds is 5. The predicted molar refractivity (Wildman–Crippen MR) is 83.6 cm³/mol. The van der Waals surface area contributed by atoms with Crippen LogP contribution >= 0.6 is 38.9 Å². The van der Waals surface area contributed by atoms with Gasteiger partial charge >= 0.3 is 0 Å². The Bertz CT molecular complexity index is 558. The van der Waals surface area contributed by atoms with Crippen LogP contribution in [0.25, 0.3) is 0 Å². The largest absolute Gasteiger partial charge is 0.306 e. The summed E-state index contributed by atoms with van der Waals surface area (Å²) in [5, 5.41) is 6.09. The molecule has 102 valence electrons. The smallest absolute Gasteiger partial charge is 0.123 e. The van der Waals surface area contributed by atoms with E-state index >= 15 is 0 Å². The van der Waals surface area contributed by atoms with Crippen molar-refractivity contribution in [3.05, 3.63) is 55.4 Å². The van der Waals surface area contributed by atoms with Crippen molar-refractivity contribution in [1.82, 2.24) is 5.32 Å². The lowest BCUT2D eigenvalue weighted by molar-refractivity contribution is 0.589. The molecule has 1 aromatic heterocycles. The minimum Gasteiger partial charge on any atom is -0.306 e. The molecule has 0 amide bonds. The second kappa shape index (κ2) is 6.84. The van der Waals surface area contributed by atoms with Gasteiger partial charge in [0.2, 0.25) is 0 Å². The minimum absolute atomic E-state index is 0.0856. The third kappa shape index (κ3) is 3.57. The number of hydrogen-bond acceptors (Lipinski definition) is 2. The van der Waals surface area contributed by atoms with Crippen molar-refractivity contribution in [2.24, 2.45) is 0 Å². The van der Waals surface area contributed by atoms with Gasteiger partial charge in [0, 0.05) is 9.35 Å². The van der Waals surface area contributed by atoms with Crippen molar-refractivity contribution in [3.63, 3.8) is 0 Å². The molecule has 0 fully saturated rings. The van der Waals surface area contributed by atoms with Gasteiger partial charge in [0.25, 0.3) is 0 Å². The first-order chi connectivity index (χ1) is 9.13. The highest BCUT2D eigenvalue weighted by molar-refractivity contribution is 9.10. The van der Waals surface area contributed by atoms with Gasteiger partial charge in [-0.2, -0.15) is 0 Å². The van der Waals surface area contributed by atoms with Crippen molar-refractivity contribution < 1.29 is 4.39 Å². The number of hydrogen-bond donors (Lipinski definition) is 1. The van der Waals surface area contributed by atoms with E-state index in [0.29, 0.717) is 0 Å². The van der Waals surface area contributed by atoms with Gasteiger partial charge in [0.05, 0.1) is 11.1 Å². The second-order valence-corrected chi connectivity index (χ2v) is 6.39. The Morgan fingerprint density at radius 3 is 2.84 bits per heavy atom. The number of halogens is 3. The fraction of sp³-hybridized carbons (Fsp3) is 0.286. The van der Waals surface area contributed by atoms with E-state index < -0.39 is 0 Å². The van der Waals surface area contributed by atoms with Gasteiger partial charge in [-0.15, -0.1) is 11.3 Å². The number of thiophene rings is 1. The van der Waals surface area contributed by atoms with E-state index in [1.54, 1.807) is 23.5 Å². The molecule has 0 saturated carbocycles. The maximum absolute atomic E-state index is 13.5. The zero-order chi connectivity index (χ0) is 13.8. The van der Waals surface area contributed by atoms with Crippen LogP contribution in [0.1, 0.15) is 29.8 Å². The molecule has 0 bridgehead atoms. The topological polar surface area (TPSA) is 12.0 Å². The average Bonchev–Trinajstić information content (AvgIpc) is 2.80. The Balaban J connectivity index is 2.42. The van der Waals surface area contributed by atoms with E-state index in [1.165, 1.54) is 6.07 Å². The molecular formula is C14H14BrClFNS. The number of benzene rings is 1. The molecule has 5 heteroatoms. The highest BCUT2D eigenvalue weighted by Crippen LogP contribution is 2.36. The Morgan fingerprint density at radius 1 is 1.42 bits per heavy atom. The van der Waals surface area contributed by atoms with Gasteiger partial charge in [0.15, 0.2) is 0 Å². The summed E-state index contributed by atoms with van der Waals surface area (Å²) < 4.78 is 14.4. The zero-order valence-corrected chi connectivity index (χ0v) is 13.6. The van der Waals surface area contributed by atoms with Crippen LogP contribution in [-0.2, 0) is 0 Å². The molecule has 1 aromatic carbocycles. The van der Waals surface area contributed by atoms with Gasteiger partial charge in [0.1, 0.15) is 5.82 Å². The fourth-order valence-corrected chi connectivity index (χ4v) is 3.61. The maximum atomic E-state index is 13.5. The summed E-state index contributed by atoms with van der Waals surface area (Å²) in [5.74, 6) is -0.242. The fourth-order valence-electron chi connectivity index (χ4n) is 1.88. The van der Waals surface area contributed by atoms with Gasteiger partial charge in [-0.1, -0.05) is 34.5 Å².